The topological polar surface area (TPSA) is 377 Å². The van der Waals surface area contributed by atoms with Crippen LogP contribution in [0, 0.1) is 0 Å². The quantitative estimate of drug-likeness (QED) is 0.0585. The van der Waals surface area contributed by atoms with Crippen molar-refractivity contribution in [3.05, 3.63) is 108 Å². The Kier molecular flexibility index (Phi) is 17.2. The summed E-state index contributed by atoms with van der Waals surface area (Å²) in [6, 6.07) is 15.4. The SMILES string of the molecule is CNc1cc(Nc2cccnc2OC)nc2c(C(=O)N[C@@H]3CC[C@@H]3O)cnn12.CNc1cc(Nc2cccnc2OC)nc2c(C(=O)N[C@H]3CC[C@H]3O)cnn12.CNc1cc(Nc2cccnc2OC)nc2c(C(=O)N[C@H]3CC[C@H]3O)cnn12. The van der Waals surface area contributed by atoms with Crippen LogP contribution in [0.2, 0.25) is 0 Å². The summed E-state index contributed by atoms with van der Waals surface area (Å²) in [6.45, 7) is 0. The van der Waals surface area contributed by atoms with E-state index in [2.05, 4.69) is 93.1 Å². The second-order valence-electron chi connectivity index (χ2n) is 19.4. The van der Waals surface area contributed by atoms with E-state index in [9.17, 15) is 29.7 Å². The number of anilines is 9. The molecule has 3 amide bonds. The van der Waals surface area contributed by atoms with Gasteiger partial charge in [0.2, 0.25) is 17.6 Å². The molecular weight excluding hydrogens is 1090 g/mol. The summed E-state index contributed by atoms with van der Waals surface area (Å²) >= 11 is 0. The number of hydrogen-bond donors (Lipinski definition) is 12. The summed E-state index contributed by atoms with van der Waals surface area (Å²) in [5.74, 6) is 3.80. The molecule has 3 aliphatic carbocycles. The van der Waals surface area contributed by atoms with Crippen molar-refractivity contribution in [2.24, 2.45) is 0 Å². The lowest BCUT2D eigenvalue weighted by molar-refractivity contribution is 0.0448. The largest absolute Gasteiger partial charge is 0.480 e. The van der Waals surface area contributed by atoms with Crippen molar-refractivity contribution >= 4 is 86.6 Å². The van der Waals surface area contributed by atoms with Gasteiger partial charge in [-0.3, -0.25) is 14.4 Å². The van der Waals surface area contributed by atoms with Crippen LogP contribution in [0.1, 0.15) is 69.6 Å². The number of hydrogen-bond acceptors (Lipinski definition) is 24. The molecule has 0 aromatic carbocycles. The molecule has 30 nitrogen and oxygen atoms in total. The van der Waals surface area contributed by atoms with E-state index in [0.717, 1.165) is 19.3 Å². The number of nitrogens with zero attached hydrogens (tertiary/aromatic N) is 12. The zero-order chi connectivity index (χ0) is 59.0. The van der Waals surface area contributed by atoms with E-state index >= 15 is 0 Å². The molecule has 0 unspecified atom stereocenters. The Morgan fingerprint density at radius 3 is 0.976 bits per heavy atom. The molecule has 84 heavy (non-hydrogen) atoms. The highest BCUT2D eigenvalue weighted by molar-refractivity contribution is 6.02. The van der Waals surface area contributed by atoms with E-state index in [-0.39, 0.29) is 35.8 Å². The first-order valence-electron chi connectivity index (χ1n) is 26.8. The molecule has 0 aliphatic heterocycles. The molecule has 3 saturated carbocycles. The third kappa shape index (κ3) is 12.1. The predicted molar refractivity (Wildman–Crippen MR) is 309 cm³/mol. The second-order valence-corrected chi connectivity index (χ2v) is 19.4. The van der Waals surface area contributed by atoms with Crippen molar-refractivity contribution < 1.29 is 43.9 Å². The number of ether oxygens (including phenoxy) is 3. The van der Waals surface area contributed by atoms with Crippen molar-refractivity contribution in [2.75, 3.05) is 74.4 Å². The van der Waals surface area contributed by atoms with Gasteiger partial charge in [-0.25, -0.2) is 29.9 Å². The van der Waals surface area contributed by atoms with Gasteiger partial charge in [0.25, 0.3) is 17.7 Å². The Balaban J connectivity index is 0.000000140. The Bertz CT molecular complexity index is 3450. The molecule has 9 aromatic heterocycles. The highest BCUT2D eigenvalue weighted by Gasteiger charge is 2.34. The number of nitrogens with one attached hydrogen (secondary N) is 9. The molecule has 0 bridgehead atoms. The molecule has 6 atom stereocenters. The lowest BCUT2D eigenvalue weighted by atomic mass is 9.89. The maximum Gasteiger partial charge on any atom is 0.257 e. The van der Waals surface area contributed by atoms with Crippen LogP contribution in [-0.4, -0.2) is 171 Å². The molecule has 3 aliphatic rings. The van der Waals surface area contributed by atoms with Crippen molar-refractivity contribution in [3.8, 4) is 17.6 Å². The number of pyridine rings is 3. The minimum Gasteiger partial charge on any atom is -0.480 e. The van der Waals surface area contributed by atoms with Gasteiger partial charge >= 0.3 is 0 Å². The van der Waals surface area contributed by atoms with E-state index in [1.807, 2.05) is 18.2 Å². The third-order valence-electron chi connectivity index (χ3n) is 14.3. The summed E-state index contributed by atoms with van der Waals surface area (Å²) in [4.78, 5) is 64.1. The Morgan fingerprint density at radius 1 is 0.464 bits per heavy atom. The number of aliphatic hydroxyl groups is 3. The van der Waals surface area contributed by atoms with E-state index in [0.29, 0.717) is 123 Å². The van der Waals surface area contributed by atoms with E-state index < -0.39 is 18.3 Å². The Hall–Kier alpha value is -10.2. The first kappa shape index (κ1) is 57.1. The third-order valence-corrected chi connectivity index (χ3v) is 14.3. The Labute approximate surface area is 479 Å². The highest BCUT2D eigenvalue weighted by atomic mass is 16.5. The van der Waals surface area contributed by atoms with Crippen LogP contribution in [-0.2, 0) is 0 Å². The summed E-state index contributed by atoms with van der Waals surface area (Å²) in [6.07, 6.45) is 12.2. The lowest BCUT2D eigenvalue weighted by Gasteiger charge is -2.32. The maximum atomic E-state index is 12.7. The van der Waals surface area contributed by atoms with Crippen LogP contribution in [0.4, 0.5) is 52.0 Å². The van der Waals surface area contributed by atoms with Gasteiger partial charge in [-0.1, -0.05) is 0 Å². The number of carbonyl (C=O) groups excluding carboxylic acids is 3. The number of carbonyl (C=O) groups is 3. The molecule has 0 radical (unpaired) electrons. The molecule has 9 aromatic rings. The fraction of sp³-hybridized carbons (Fsp3) is 0.333. The summed E-state index contributed by atoms with van der Waals surface area (Å²) in [5, 5.41) is 69.1. The fourth-order valence-corrected chi connectivity index (χ4v) is 9.15. The van der Waals surface area contributed by atoms with Crippen LogP contribution < -0.4 is 62.1 Å². The zero-order valence-corrected chi connectivity index (χ0v) is 46.5. The van der Waals surface area contributed by atoms with Crippen LogP contribution in [0.15, 0.2) is 91.8 Å². The number of aliphatic hydroxyl groups excluding tert-OH is 3. The number of aromatic nitrogens is 12. The smallest absolute Gasteiger partial charge is 0.257 e. The minimum atomic E-state index is -0.498. The van der Waals surface area contributed by atoms with Crippen LogP contribution >= 0.6 is 0 Å². The average molecular weight is 1150 g/mol. The molecule has 3 fully saturated rings. The number of rotatable bonds is 18. The van der Waals surface area contributed by atoms with Gasteiger partial charge in [-0.05, 0) is 74.9 Å². The molecule has 9 heterocycles. The van der Waals surface area contributed by atoms with Crippen molar-refractivity contribution in [2.45, 2.75) is 75.0 Å². The van der Waals surface area contributed by atoms with Crippen molar-refractivity contribution in [3.63, 3.8) is 0 Å². The maximum absolute atomic E-state index is 12.7. The predicted octanol–water partition coefficient (Wildman–Crippen LogP) is 3.51. The van der Waals surface area contributed by atoms with Gasteiger partial charge in [0.05, 0.1) is 76.4 Å². The molecule has 30 heteroatoms. The summed E-state index contributed by atoms with van der Waals surface area (Å²) in [7, 11) is 9.90. The fourth-order valence-electron chi connectivity index (χ4n) is 9.15. The van der Waals surface area contributed by atoms with E-state index in [1.165, 1.54) is 39.9 Å². The summed E-state index contributed by atoms with van der Waals surface area (Å²) in [5.41, 5.74) is 4.11. The summed E-state index contributed by atoms with van der Waals surface area (Å²) < 4.78 is 20.4. The van der Waals surface area contributed by atoms with Crippen molar-refractivity contribution in [1.82, 2.24) is 74.7 Å². The first-order valence-corrected chi connectivity index (χ1v) is 26.8. The van der Waals surface area contributed by atoms with Gasteiger partial charge in [0.15, 0.2) is 16.9 Å². The van der Waals surface area contributed by atoms with Gasteiger partial charge in [-0.15, -0.1) is 0 Å². The number of fused-ring (bicyclic) bond motifs is 3. The van der Waals surface area contributed by atoms with Crippen LogP contribution in [0.25, 0.3) is 16.9 Å². The molecule has 0 spiro atoms. The highest BCUT2D eigenvalue weighted by Crippen LogP contribution is 2.31. The van der Waals surface area contributed by atoms with Gasteiger partial charge < -0.3 is 77.4 Å². The van der Waals surface area contributed by atoms with Gasteiger partial charge in [0.1, 0.15) is 68.7 Å². The minimum absolute atomic E-state index is 0.229. The molecular formula is C54H63N21O9. The molecule has 0 saturated heterocycles. The normalized spacial score (nSPS) is 18.4. The number of amides is 3. The molecule has 12 N–H and O–H groups in total. The zero-order valence-electron chi connectivity index (χ0n) is 46.5. The average Bonchev–Trinajstić information content (AvgIpc) is 3.70. The molecule has 438 valence electrons. The monoisotopic (exact) mass is 1150 g/mol. The van der Waals surface area contributed by atoms with Crippen molar-refractivity contribution in [1.29, 1.82) is 0 Å². The number of methoxy groups -OCH3 is 3. The van der Waals surface area contributed by atoms with Gasteiger partial charge in [0, 0.05) is 57.9 Å². The van der Waals surface area contributed by atoms with Crippen LogP contribution in [0.3, 0.4) is 0 Å². The molecule has 12 rings (SSSR count). The second kappa shape index (κ2) is 25.3. The van der Waals surface area contributed by atoms with Gasteiger partial charge in [-0.2, -0.15) is 28.8 Å². The standard InChI is InChI=1S/3C18H21N7O3/c3*1-19-15-8-14(22-12-4-3-7-20-18(12)28-2)24-16-10(9-21-25(15)16)17(27)23-11-5-6-13(11)26/h3*3-4,7-9,11,13,19,26H,5-6H2,1-2H3,(H,22,24)(H,23,27)/t3*11-,13+/m100/s1. The Morgan fingerprint density at radius 2 is 0.750 bits per heavy atom. The lowest BCUT2D eigenvalue weighted by Crippen LogP contribution is -2.50. The first-order chi connectivity index (χ1) is 40.8. The van der Waals surface area contributed by atoms with E-state index in [4.69, 9.17) is 14.2 Å². The van der Waals surface area contributed by atoms with E-state index in [1.54, 1.807) is 89.7 Å². The van der Waals surface area contributed by atoms with Crippen LogP contribution in [0.5, 0.6) is 17.6 Å².